The van der Waals surface area contributed by atoms with Gasteiger partial charge in [0.15, 0.2) is 0 Å². The molecule has 0 aliphatic rings. The van der Waals surface area contributed by atoms with Crippen LogP contribution in [0, 0.1) is 12.3 Å². The highest BCUT2D eigenvalue weighted by atomic mass is 19.3. The van der Waals surface area contributed by atoms with Gasteiger partial charge in [-0.05, 0) is 6.07 Å². The Morgan fingerprint density at radius 1 is 1.43 bits per heavy atom. The Labute approximate surface area is 79.2 Å². The Bertz CT molecular complexity index is 405. The number of benzene rings is 1. The second-order valence-electron chi connectivity index (χ2n) is 2.57. The van der Waals surface area contributed by atoms with Crippen molar-refractivity contribution in [2.45, 2.75) is 5.92 Å². The van der Waals surface area contributed by atoms with Gasteiger partial charge in [0.2, 0.25) is 0 Å². The van der Waals surface area contributed by atoms with E-state index in [1.807, 2.05) is 5.92 Å². The second-order valence-corrected chi connectivity index (χ2v) is 2.57. The van der Waals surface area contributed by atoms with Crippen LogP contribution in [0.2, 0.25) is 0 Å². The number of alkyl halides is 2. The van der Waals surface area contributed by atoms with Crippen molar-refractivity contribution in [2.24, 2.45) is 0 Å². The van der Waals surface area contributed by atoms with Gasteiger partial charge in [-0.2, -0.15) is 8.78 Å². The number of halogens is 2. The van der Waals surface area contributed by atoms with E-state index in [2.05, 4.69) is 0 Å². The first-order chi connectivity index (χ1) is 6.50. The summed E-state index contributed by atoms with van der Waals surface area (Å²) in [5.41, 5.74) is -0.769. The van der Waals surface area contributed by atoms with Crippen molar-refractivity contribution in [1.29, 1.82) is 0 Å². The molecule has 0 aliphatic heterocycles. The van der Waals surface area contributed by atoms with Gasteiger partial charge in [0.25, 0.3) is 0 Å². The SMILES string of the molecule is C#Cc1ccccc1C(F)(F)C(=O)O. The number of carboxylic acid groups (broad SMARTS) is 1. The van der Waals surface area contributed by atoms with Crippen LogP contribution >= 0.6 is 0 Å². The summed E-state index contributed by atoms with van der Waals surface area (Å²) in [6, 6.07) is 5.05. The van der Waals surface area contributed by atoms with E-state index in [1.54, 1.807) is 0 Å². The molecule has 0 amide bonds. The van der Waals surface area contributed by atoms with Crippen LogP contribution in [0.1, 0.15) is 11.1 Å². The van der Waals surface area contributed by atoms with E-state index in [0.717, 1.165) is 6.07 Å². The molecule has 0 radical (unpaired) electrons. The molecule has 1 N–H and O–H groups in total. The molecule has 0 heterocycles. The van der Waals surface area contributed by atoms with Gasteiger partial charge >= 0.3 is 11.9 Å². The maximum Gasteiger partial charge on any atom is 0.379 e. The Kier molecular flexibility index (Phi) is 2.52. The van der Waals surface area contributed by atoms with Gasteiger partial charge in [0, 0.05) is 11.1 Å². The van der Waals surface area contributed by atoms with Gasteiger partial charge in [0.1, 0.15) is 0 Å². The first kappa shape index (κ1) is 10.2. The molecule has 0 atom stereocenters. The zero-order valence-electron chi connectivity index (χ0n) is 7.00. The minimum absolute atomic E-state index is 0.111. The molecule has 0 saturated heterocycles. The average molecular weight is 196 g/mol. The third kappa shape index (κ3) is 1.57. The van der Waals surface area contributed by atoms with Gasteiger partial charge in [-0.1, -0.05) is 24.1 Å². The minimum atomic E-state index is -3.94. The van der Waals surface area contributed by atoms with Crippen molar-refractivity contribution in [3.8, 4) is 12.3 Å². The molecule has 72 valence electrons. The smallest absolute Gasteiger partial charge is 0.379 e. The van der Waals surface area contributed by atoms with E-state index in [9.17, 15) is 13.6 Å². The lowest BCUT2D eigenvalue weighted by Crippen LogP contribution is -2.26. The van der Waals surface area contributed by atoms with Crippen LogP contribution in [-0.4, -0.2) is 11.1 Å². The summed E-state index contributed by atoms with van der Waals surface area (Å²) in [4.78, 5) is 10.3. The fraction of sp³-hybridized carbons (Fsp3) is 0.100. The monoisotopic (exact) mass is 196 g/mol. The van der Waals surface area contributed by atoms with Crippen molar-refractivity contribution in [1.82, 2.24) is 0 Å². The molecule has 0 bridgehead atoms. The molecular formula is C10H6F2O2. The first-order valence-corrected chi connectivity index (χ1v) is 3.67. The average Bonchev–Trinajstić information content (AvgIpc) is 2.17. The lowest BCUT2D eigenvalue weighted by molar-refractivity contribution is -0.166. The number of carboxylic acids is 1. The molecule has 2 nitrogen and oxygen atoms in total. The van der Waals surface area contributed by atoms with E-state index >= 15 is 0 Å². The van der Waals surface area contributed by atoms with Crippen LogP contribution in [-0.2, 0) is 10.7 Å². The molecule has 0 fully saturated rings. The summed E-state index contributed by atoms with van der Waals surface area (Å²) in [5, 5.41) is 8.30. The Hall–Kier alpha value is -1.89. The lowest BCUT2D eigenvalue weighted by Gasteiger charge is -2.12. The fourth-order valence-electron chi connectivity index (χ4n) is 0.998. The maximum absolute atomic E-state index is 13.0. The van der Waals surface area contributed by atoms with Crippen molar-refractivity contribution in [3.63, 3.8) is 0 Å². The van der Waals surface area contributed by atoms with E-state index in [1.165, 1.54) is 18.2 Å². The van der Waals surface area contributed by atoms with Gasteiger partial charge in [0.05, 0.1) is 0 Å². The van der Waals surface area contributed by atoms with Gasteiger partial charge in [-0.25, -0.2) is 4.79 Å². The Morgan fingerprint density at radius 3 is 2.50 bits per heavy atom. The predicted molar refractivity (Wildman–Crippen MR) is 45.9 cm³/mol. The lowest BCUT2D eigenvalue weighted by atomic mass is 10.0. The standard InChI is InChI=1S/C10H6F2O2/c1-2-7-5-3-4-6-8(7)10(11,12)9(13)14/h1,3-6H,(H,13,14). The molecule has 1 aromatic rings. The van der Waals surface area contributed by atoms with Crippen LogP contribution in [0.3, 0.4) is 0 Å². The summed E-state index contributed by atoms with van der Waals surface area (Å²) in [5.74, 6) is -4.14. The van der Waals surface area contributed by atoms with Crippen LogP contribution in [0.25, 0.3) is 0 Å². The Balaban J connectivity index is 3.33. The van der Waals surface area contributed by atoms with E-state index in [0.29, 0.717) is 0 Å². The van der Waals surface area contributed by atoms with Crippen molar-refractivity contribution in [2.75, 3.05) is 0 Å². The number of hydrogen-bond acceptors (Lipinski definition) is 1. The predicted octanol–water partition coefficient (Wildman–Crippen LogP) is 1.84. The molecule has 14 heavy (non-hydrogen) atoms. The molecule has 0 saturated carbocycles. The van der Waals surface area contributed by atoms with Crippen molar-refractivity contribution < 1.29 is 18.7 Å². The van der Waals surface area contributed by atoms with Gasteiger partial charge in [-0.3, -0.25) is 0 Å². The summed E-state index contributed by atoms with van der Waals surface area (Å²) in [6.45, 7) is 0. The molecule has 0 aromatic heterocycles. The maximum atomic E-state index is 13.0. The second kappa shape index (κ2) is 3.46. The van der Waals surface area contributed by atoms with Gasteiger partial charge in [-0.15, -0.1) is 6.42 Å². The Morgan fingerprint density at radius 2 is 2.00 bits per heavy atom. The molecule has 1 aromatic carbocycles. The zero-order chi connectivity index (χ0) is 10.8. The van der Waals surface area contributed by atoms with Crippen LogP contribution in [0.15, 0.2) is 24.3 Å². The number of terminal acetylenes is 1. The fourth-order valence-corrected chi connectivity index (χ4v) is 0.998. The van der Waals surface area contributed by atoms with Crippen molar-refractivity contribution >= 4 is 5.97 Å². The highest BCUT2D eigenvalue weighted by Gasteiger charge is 2.42. The first-order valence-electron chi connectivity index (χ1n) is 3.67. The topological polar surface area (TPSA) is 37.3 Å². The third-order valence-corrected chi connectivity index (χ3v) is 1.69. The number of aliphatic carboxylic acids is 1. The molecule has 1 rings (SSSR count). The van der Waals surface area contributed by atoms with Gasteiger partial charge < -0.3 is 5.11 Å². The highest BCUT2D eigenvalue weighted by molar-refractivity contribution is 5.78. The van der Waals surface area contributed by atoms with Crippen LogP contribution in [0.5, 0.6) is 0 Å². The summed E-state index contributed by atoms with van der Waals surface area (Å²) >= 11 is 0. The molecular weight excluding hydrogens is 190 g/mol. The van der Waals surface area contributed by atoms with Crippen LogP contribution in [0.4, 0.5) is 8.78 Å². The van der Waals surface area contributed by atoms with E-state index in [-0.39, 0.29) is 5.56 Å². The van der Waals surface area contributed by atoms with Crippen LogP contribution < -0.4 is 0 Å². The normalized spacial score (nSPS) is 10.6. The molecule has 0 unspecified atom stereocenters. The number of hydrogen-bond donors (Lipinski definition) is 1. The molecule has 0 spiro atoms. The highest BCUT2D eigenvalue weighted by Crippen LogP contribution is 2.30. The summed E-state index contributed by atoms with van der Waals surface area (Å²) < 4.78 is 26.1. The van der Waals surface area contributed by atoms with Crippen molar-refractivity contribution in [3.05, 3.63) is 35.4 Å². The molecule has 4 heteroatoms. The quantitative estimate of drug-likeness (QED) is 0.733. The number of rotatable bonds is 2. The largest absolute Gasteiger partial charge is 0.477 e. The summed E-state index contributed by atoms with van der Waals surface area (Å²) in [6.07, 6.45) is 4.97. The third-order valence-electron chi connectivity index (χ3n) is 1.69. The number of carbonyl (C=O) groups is 1. The summed E-state index contributed by atoms with van der Waals surface area (Å²) in [7, 11) is 0. The molecule has 0 aliphatic carbocycles. The zero-order valence-corrected chi connectivity index (χ0v) is 7.00. The van der Waals surface area contributed by atoms with E-state index < -0.39 is 17.5 Å². The van der Waals surface area contributed by atoms with E-state index in [4.69, 9.17) is 11.5 Å². The minimum Gasteiger partial charge on any atom is -0.477 e.